The molecule has 1 fully saturated rings. The van der Waals surface area contributed by atoms with E-state index in [1.807, 2.05) is 0 Å². The molecule has 0 saturated carbocycles. The third-order valence-electron chi connectivity index (χ3n) is 2.40. The zero-order valence-electron chi connectivity index (χ0n) is 11.3. The minimum Gasteiger partial charge on any atom is -0.463 e. The maximum absolute atomic E-state index is 11.8. The number of nitrogens with two attached hydrogens (primary N) is 1. The van der Waals surface area contributed by atoms with E-state index in [2.05, 4.69) is 10.2 Å². The zero-order valence-corrected chi connectivity index (χ0v) is 13.7. The molecule has 1 aromatic rings. The SMILES string of the molecule is CCOC(=O)/C=C1\SCC(=O)N1CCSc1nnc(N)s1. The number of anilines is 1. The molecular formula is C11H14N4O3S3. The van der Waals surface area contributed by atoms with Crippen molar-refractivity contribution in [1.29, 1.82) is 0 Å². The minimum absolute atomic E-state index is 0.00655. The number of thioether (sulfide) groups is 2. The Morgan fingerprint density at radius 1 is 1.57 bits per heavy atom. The number of amides is 1. The summed E-state index contributed by atoms with van der Waals surface area (Å²) in [6.07, 6.45) is 1.37. The molecule has 1 saturated heterocycles. The molecule has 1 aliphatic rings. The van der Waals surface area contributed by atoms with Crippen LogP contribution in [0.1, 0.15) is 6.92 Å². The highest BCUT2D eigenvalue weighted by Crippen LogP contribution is 2.30. The van der Waals surface area contributed by atoms with E-state index in [1.165, 1.54) is 40.9 Å². The number of hydrogen-bond acceptors (Lipinski definition) is 9. The highest BCUT2D eigenvalue weighted by Gasteiger charge is 2.27. The van der Waals surface area contributed by atoms with Gasteiger partial charge in [0.05, 0.1) is 23.5 Å². The summed E-state index contributed by atoms with van der Waals surface area (Å²) in [4.78, 5) is 24.9. The predicted molar refractivity (Wildman–Crippen MR) is 83.9 cm³/mol. The summed E-state index contributed by atoms with van der Waals surface area (Å²) in [5.41, 5.74) is 5.50. The smallest absolute Gasteiger partial charge is 0.333 e. The molecule has 0 aromatic carbocycles. The largest absolute Gasteiger partial charge is 0.463 e. The van der Waals surface area contributed by atoms with Crippen LogP contribution >= 0.6 is 34.9 Å². The van der Waals surface area contributed by atoms with E-state index in [0.717, 1.165) is 4.34 Å². The van der Waals surface area contributed by atoms with Gasteiger partial charge in [-0.3, -0.25) is 4.79 Å². The van der Waals surface area contributed by atoms with Crippen LogP contribution in [0.4, 0.5) is 5.13 Å². The predicted octanol–water partition coefficient (Wildman–Crippen LogP) is 1.19. The highest BCUT2D eigenvalue weighted by molar-refractivity contribution is 8.04. The fourth-order valence-electron chi connectivity index (χ4n) is 1.56. The van der Waals surface area contributed by atoms with Gasteiger partial charge in [-0.05, 0) is 6.92 Å². The number of nitrogen functional groups attached to an aromatic ring is 1. The molecule has 0 radical (unpaired) electrons. The lowest BCUT2D eigenvalue weighted by Crippen LogP contribution is -2.27. The second-order valence-corrected chi connectivity index (χ2v) is 7.17. The van der Waals surface area contributed by atoms with Crippen molar-refractivity contribution in [2.45, 2.75) is 11.3 Å². The van der Waals surface area contributed by atoms with E-state index in [1.54, 1.807) is 11.8 Å². The maximum atomic E-state index is 11.8. The molecule has 0 spiro atoms. The summed E-state index contributed by atoms with van der Waals surface area (Å²) in [5.74, 6) is 0.570. The number of nitrogens with zero attached hydrogens (tertiary/aromatic N) is 3. The first-order chi connectivity index (χ1) is 10.1. The number of rotatable bonds is 6. The average Bonchev–Trinajstić information content (AvgIpc) is 2.99. The van der Waals surface area contributed by atoms with E-state index in [4.69, 9.17) is 10.5 Å². The van der Waals surface area contributed by atoms with Crippen LogP contribution in [0.3, 0.4) is 0 Å². The van der Waals surface area contributed by atoms with E-state index >= 15 is 0 Å². The van der Waals surface area contributed by atoms with Crippen LogP contribution in [-0.4, -0.2) is 51.6 Å². The third-order valence-corrected chi connectivity index (χ3v) is 5.29. The molecule has 1 aromatic heterocycles. The summed E-state index contributed by atoms with van der Waals surface area (Å²) >= 11 is 4.14. The summed E-state index contributed by atoms with van der Waals surface area (Å²) < 4.78 is 5.63. The van der Waals surface area contributed by atoms with E-state index in [9.17, 15) is 9.59 Å². The molecule has 2 rings (SSSR count). The van der Waals surface area contributed by atoms with Gasteiger partial charge in [-0.25, -0.2) is 4.79 Å². The maximum Gasteiger partial charge on any atom is 0.333 e. The van der Waals surface area contributed by atoms with Crippen LogP contribution in [0.2, 0.25) is 0 Å². The lowest BCUT2D eigenvalue weighted by molar-refractivity contribution is -0.137. The Bertz CT molecular complexity index is 561. The molecule has 0 atom stereocenters. The van der Waals surface area contributed by atoms with Gasteiger partial charge in [0, 0.05) is 12.3 Å². The van der Waals surface area contributed by atoms with Gasteiger partial charge in [0.15, 0.2) is 4.34 Å². The Morgan fingerprint density at radius 3 is 3.05 bits per heavy atom. The van der Waals surface area contributed by atoms with Crippen molar-refractivity contribution >= 4 is 51.9 Å². The van der Waals surface area contributed by atoms with Crippen LogP contribution < -0.4 is 5.73 Å². The lowest BCUT2D eigenvalue weighted by Gasteiger charge is -2.15. The fraction of sp³-hybridized carbons (Fsp3) is 0.455. The first kappa shape index (κ1) is 16.1. The summed E-state index contributed by atoms with van der Waals surface area (Å²) in [6, 6.07) is 0. The monoisotopic (exact) mass is 346 g/mol. The molecule has 0 aliphatic carbocycles. The first-order valence-corrected chi connectivity index (χ1v) is 8.92. The van der Waals surface area contributed by atoms with Gasteiger partial charge in [-0.15, -0.1) is 10.2 Å². The van der Waals surface area contributed by atoms with Gasteiger partial charge in [0.1, 0.15) is 0 Å². The molecular weight excluding hydrogens is 332 g/mol. The quantitative estimate of drug-likeness (QED) is 0.466. The van der Waals surface area contributed by atoms with Crippen LogP contribution in [0.25, 0.3) is 0 Å². The normalized spacial score (nSPS) is 16.7. The fourth-order valence-corrected chi connectivity index (χ4v) is 4.14. The number of ether oxygens (including phenoxy) is 1. The van der Waals surface area contributed by atoms with Crippen molar-refractivity contribution in [2.24, 2.45) is 0 Å². The Hall–Kier alpha value is -1.26. The van der Waals surface area contributed by atoms with E-state index < -0.39 is 5.97 Å². The van der Waals surface area contributed by atoms with Crippen molar-refractivity contribution in [3.8, 4) is 0 Å². The molecule has 0 unspecified atom stereocenters. The summed E-state index contributed by atoms with van der Waals surface area (Å²) in [5, 5.41) is 8.68. The molecule has 7 nitrogen and oxygen atoms in total. The van der Waals surface area contributed by atoms with Crippen molar-refractivity contribution in [3.63, 3.8) is 0 Å². The van der Waals surface area contributed by atoms with Gasteiger partial charge in [-0.1, -0.05) is 34.9 Å². The molecule has 1 aliphatic heterocycles. The zero-order chi connectivity index (χ0) is 15.2. The van der Waals surface area contributed by atoms with Gasteiger partial charge < -0.3 is 15.4 Å². The van der Waals surface area contributed by atoms with Gasteiger partial charge in [0.2, 0.25) is 11.0 Å². The molecule has 21 heavy (non-hydrogen) atoms. The van der Waals surface area contributed by atoms with Crippen molar-refractivity contribution in [2.75, 3.05) is 30.4 Å². The van der Waals surface area contributed by atoms with Crippen LogP contribution in [-0.2, 0) is 14.3 Å². The number of esters is 1. The van der Waals surface area contributed by atoms with Crippen LogP contribution in [0.15, 0.2) is 15.4 Å². The third kappa shape index (κ3) is 4.61. The highest BCUT2D eigenvalue weighted by atomic mass is 32.2. The summed E-state index contributed by atoms with van der Waals surface area (Å²) in [7, 11) is 0. The van der Waals surface area contributed by atoms with Crippen LogP contribution in [0.5, 0.6) is 0 Å². The van der Waals surface area contributed by atoms with Crippen LogP contribution in [0, 0.1) is 0 Å². The summed E-state index contributed by atoms with van der Waals surface area (Å²) in [6.45, 7) is 2.56. The van der Waals surface area contributed by atoms with Crippen molar-refractivity contribution in [1.82, 2.24) is 15.1 Å². The number of aromatic nitrogens is 2. The molecule has 10 heteroatoms. The standard InChI is InChI=1S/C11H14N4O3S3/c1-2-18-9(17)5-8-15(7(16)6-20-8)3-4-19-11-14-13-10(12)21-11/h5H,2-4,6H2,1H3,(H2,12,13)/b8-5-. The Labute approximate surface area is 134 Å². The molecule has 2 N–H and O–H groups in total. The Kier molecular flexibility index (Phi) is 5.88. The molecule has 2 heterocycles. The van der Waals surface area contributed by atoms with Gasteiger partial charge in [-0.2, -0.15) is 0 Å². The first-order valence-electron chi connectivity index (χ1n) is 6.13. The minimum atomic E-state index is -0.427. The molecule has 0 bridgehead atoms. The number of hydrogen-bond donors (Lipinski definition) is 1. The van der Waals surface area contributed by atoms with E-state index in [-0.39, 0.29) is 5.91 Å². The Balaban J connectivity index is 1.89. The van der Waals surface area contributed by atoms with Crippen molar-refractivity contribution < 1.29 is 14.3 Å². The topological polar surface area (TPSA) is 98.4 Å². The van der Waals surface area contributed by atoms with Crippen molar-refractivity contribution in [3.05, 3.63) is 11.1 Å². The van der Waals surface area contributed by atoms with Gasteiger partial charge >= 0.3 is 5.97 Å². The van der Waals surface area contributed by atoms with E-state index in [0.29, 0.717) is 34.8 Å². The molecule has 114 valence electrons. The lowest BCUT2D eigenvalue weighted by atomic mass is 10.5. The number of carbonyl (C=O) groups is 2. The Morgan fingerprint density at radius 2 is 2.38 bits per heavy atom. The second-order valence-electron chi connectivity index (χ2n) is 3.82. The number of carbonyl (C=O) groups excluding carboxylic acids is 2. The molecule has 1 amide bonds. The van der Waals surface area contributed by atoms with Gasteiger partial charge in [0.25, 0.3) is 0 Å². The average molecular weight is 346 g/mol. The second kappa shape index (κ2) is 7.66.